The summed E-state index contributed by atoms with van der Waals surface area (Å²) in [6.45, 7) is 1.73. The topological polar surface area (TPSA) is 38.2 Å². The SMILES string of the molecule is COCCc1nsc(N2CCCCCC2/C=C/c2ccccc2)n1. The monoisotopic (exact) mass is 343 g/mol. The number of anilines is 1. The summed E-state index contributed by atoms with van der Waals surface area (Å²) < 4.78 is 9.63. The highest BCUT2D eigenvalue weighted by atomic mass is 32.1. The Morgan fingerprint density at radius 2 is 2.12 bits per heavy atom. The van der Waals surface area contributed by atoms with E-state index in [0.717, 1.165) is 23.9 Å². The lowest BCUT2D eigenvalue weighted by molar-refractivity contribution is 0.201. The second-order valence-corrected chi connectivity index (χ2v) is 6.85. The van der Waals surface area contributed by atoms with Gasteiger partial charge in [-0.05, 0) is 18.4 Å². The molecule has 3 rings (SSSR count). The molecule has 0 saturated carbocycles. The number of benzene rings is 1. The Kier molecular flexibility index (Phi) is 6.38. The summed E-state index contributed by atoms with van der Waals surface area (Å²) in [7, 11) is 1.71. The van der Waals surface area contributed by atoms with E-state index in [0.29, 0.717) is 12.6 Å². The highest BCUT2D eigenvalue weighted by Crippen LogP contribution is 2.27. The smallest absolute Gasteiger partial charge is 0.205 e. The molecule has 0 spiro atoms. The number of hydrogen-bond donors (Lipinski definition) is 0. The average molecular weight is 343 g/mol. The number of hydrogen-bond acceptors (Lipinski definition) is 5. The maximum Gasteiger partial charge on any atom is 0.205 e. The van der Waals surface area contributed by atoms with Gasteiger partial charge in [-0.2, -0.15) is 4.37 Å². The van der Waals surface area contributed by atoms with Crippen LogP contribution in [0.15, 0.2) is 36.4 Å². The van der Waals surface area contributed by atoms with Crippen molar-refractivity contribution in [2.75, 3.05) is 25.2 Å². The fraction of sp³-hybridized carbons (Fsp3) is 0.474. The second-order valence-electron chi connectivity index (χ2n) is 6.12. The molecule has 128 valence electrons. The van der Waals surface area contributed by atoms with E-state index in [9.17, 15) is 0 Å². The molecule has 1 unspecified atom stereocenters. The molecule has 0 aliphatic carbocycles. The number of ether oxygens (including phenoxy) is 1. The molecule has 0 amide bonds. The van der Waals surface area contributed by atoms with Gasteiger partial charge >= 0.3 is 0 Å². The number of rotatable bonds is 6. The van der Waals surface area contributed by atoms with Crippen molar-refractivity contribution in [3.63, 3.8) is 0 Å². The molecule has 1 aliphatic rings. The molecule has 0 bridgehead atoms. The van der Waals surface area contributed by atoms with Gasteiger partial charge in [-0.15, -0.1) is 0 Å². The zero-order chi connectivity index (χ0) is 16.6. The molecule has 2 heterocycles. The van der Waals surface area contributed by atoms with Gasteiger partial charge in [-0.25, -0.2) is 4.98 Å². The van der Waals surface area contributed by atoms with Gasteiger partial charge < -0.3 is 9.64 Å². The van der Waals surface area contributed by atoms with Crippen LogP contribution in [0.25, 0.3) is 6.08 Å². The number of methoxy groups -OCH3 is 1. The third kappa shape index (κ3) is 4.65. The summed E-state index contributed by atoms with van der Waals surface area (Å²) in [6.07, 6.45) is 10.3. The Hall–Kier alpha value is -1.72. The predicted octanol–water partition coefficient (Wildman–Crippen LogP) is 4.19. The third-order valence-electron chi connectivity index (χ3n) is 4.34. The third-order valence-corrected chi connectivity index (χ3v) is 5.13. The molecular weight excluding hydrogens is 318 g/mol. The van der Waals surface area contributed by atoms with Crippen molar-refractivity contribution >= 4 is 22.7 Å². The van der Waals surface area contributed by atoms with Gasteiger partial charge in [0.25, 0.3) is 0 Å². The van der Waals surface area contributed by atoms with Crippen LogP contribution in [0.3, 0.4) is 0 Å². The van der Waals surface area contributed by atoms with Crippen LogP contribution in [0.1, 0.15) is 37.1 Å². The van der Waals surface area contributed by atoms with E-state index in [1.165, 1.54) is 42.8 Å². The first-order valence-corrected chi connectivity index (χ1v) is 9.45. The molecule has 0 radical (unpaired) electrons. The van der Waals surface area contributed by atoms with Crippen LogP contribution < -0.4 is 4.90 Å². The number of nitrogens with zero attached hydrogens (tertiary/aromatic N) is 3. The van der Waals surface area contributed by atoms with E-state index >= 15 is 0 Å². The molecule has 2 aromatic rings. The second kappa shape index (κ2) is 8.94. The first kappa shape index (κ1) is 17.1. The summed E-state index contributed by atoms with van der Waals surface area (Å²) in [5, 5.41) is 1.05. The van der Waals surface area contributed by atoms with E-state index in [4.69, 9.17) is 9.72 Å². The van der Waals surface area contributed by atoms with Crippen molar-refractivity contribution in [2.24, 2.45) is 0 Å². The van der Waals surface area contributed by atoms with Gasteiger partial charge in [0, 0.05) is 37.6 Å². The molecular formula is C19H25N3OS. The quantitative estimate of drug-likeness (QED) is 0.788. The van der Waals surface area contributed by atoms with Crippen LogP contribution in [0.5, 0.6) is 0 Å². The van der Waals surface area contributed by atoms with Crippen molar-refractivity contribution in [1.29, 1.82) is 0 Å². The van der Waals surface area contributed by atoms with Crippen LogP contribution in [0.4, 0.5) is 5.13 Å². The molecule has 24 heavy (non-hydrogen) atoms. The number of aromatic nitrogens is 2. The molecule has 0 N–H and O–H groups in total. The van der Waals surface area contributed by atoms with Crippen molar-refractivity contribution in [3.05, 3.63) is 47.8 Å². The fourth-order valence-electron chi connectivity index (χ4n) is 3.01. The maximum absolute atomic E-state index is 5.13. The van der Waals surface area contributed by atoms with E-state index in [1.54, 1.807) is 7.11 Å². The summed E-state index contributed by atoms with van der Waals surface area (Å²) in [5.74, 6) is 0.895. The summed E-state index contributed by atoms with van der Waals surface area (Å²) in [6, 6.07) is 10.9. The maximum atomic E-state index is 5.13. The minimum absolute atomic E-state index is 0.399. The zero-order valence-corrected chi connectivity index (χ0v) is 15.0. The normalized spacial score (nSPS) is 18.9. The van der Waals surface area contributed by atoms with Crippen LogP contribution in [0, 0.1) is 0 Å². The van der Waals surface area contributed by atoms with Crippen molar-refractivity contribution in [2.45, 2.75) is 38.1 Å². The van der Waals surface area contributed by atoms with Gasteiger partial charge in [0.05, 0.1) is 6.61 Å². The summed E-state index contributed by atoms with van der Waals surface area (Å²) >= 11 is 1.52. The van der Waals surface area contributed by atoms with Crippen molar-refractivity contribution in [3.8, 4) is 0 Å². The average Bonchev–Trinajstić information content (AvgIpc) is 2.96. The van der Waals surface area contributed by atoms with E-state index in [2.05, 4.69) is 51.8 Å². The lowest BCUT2D eigenvalue weighted by Crippen LogP contribution is -2.33. The van der Waals surface area contributed by atoms with Crippen LogP contribution >= 0.6 is 11.5 Å². The summed E-state index contributed by atoms with van der Waals surface area (Å²) in [5.41, 5.74) is 1.25. The Morgan fingerprint density at radius 3 is 2.96 bits per heavy atom. The predicted molar refractivity (Wildman–Crippen MR) is 101 cm³/mol. The minimum Gasteiger partial charge on any atom is -0.384 e. The first-order chi connectivity index (χ1) is 11.9. The highest BCUT2D eigenvalue weighted by Gasteiger charge is 2.22. The molecule has 1 aromatic carbocycles. The van der Waals surface area contributed by atoms with Crippen molar-refractivity contribution < 1.29 is 4.74 Å². The zero-order valence-electron chi connectivity index (χ0n) is 14.2. The van der Waals surface area contributed by atoms with Gasteiger partial charge in [0.2, 0.25) is 5.13 Å². The molecule has 1 saturated heterocycles. The van der Waals surface area contributed by atoms with Crippen molar-refractivity contribution in [1.82, 2.24) is 9.36 Å². The Morgan fingerprint density at radius 1 is 1.25 bits per heavy atom. The minimum atomic E-state index is 0.399. The molecule has 5 heteroatoms. The van der Waals surface area contributed by atoms with Crippen LogP contribution in [-0.2, 0) is 11.2 Å². The molecule has 1 fully saturated rings. The molecule has 1 aliphatic heterocycles. The standard InChI is InChI=1S/C19H25N3OS/c1-23-15-13-18-20-19(24-21-18)22-14-7-3-6-10-17(22)12-11-16-8-4-2-5-9-16/h2,4-5,8-9,11-12,17H,3,6-7,10,13-15H2,1H3/b12-11+. The lowest BCUT2D eigenvalue weighted by Gasteiger charge is -2.26. The first-order valence-electron chi connectivity index (χ1n) is 8.68. The largest absolute Gasteiger partial charge is 0.384 e. The Bertz CT molecular complexity index is 641. The van der Waals surface area contributed by atoms with Gasteiger partial charge in [0.1, 0.15) is 5.82 Å². The van der Waals surface area contributed by atoms with Gasteiger partial charge in [0.15, 0.2) is 0 Å². The van der Waals surface area contributed by atoms with Crippen LogP contribution in [0.2, 0.25) is 0 Å². The van der Waals surface area contributed by atoms with Gasteiger partial charge in [-0.3, -0.25) is 0 Å². The molecule has 1 atom stereocenters. The van der Waals surface area contributed by atoms with E-state index in [1.807, 2.05) is 0 Å². The lowest BCUT2D eigenvalue weighted by atomic mass is 10.1. The summed E-state index contributed by atoms with van der Waals surface area (Å²) in [4.78, 5) is 7.17. The van der Waals surface area contributed by atoms with Crippen LogP contribution in [-0.4, -0.2) is 35.7 Å². The Labute approximate surface area is 148 Å². The molecule has 4 nitrogen and oxygen atoms in total. The van der Waals surface area contributed by atoms with Gasteiger partial charge in [-0.1, -0.05) is 55.3 Å². The van der Waals surface area contributed by atoms with E-state index < -0.39 is 0 Å². The Balaban J connectivity index is 1.74. The fourth-order valence-corrected chi connectivity index (χ4v) is 3.81. The molecule has 1 aromatic heterocycles. The van der Waals surface area contributed by atoms with E-state index in [-0.39, 0.29) is 0 Å². The highest BCUT2D eigenvalue weighted by molar-refractivity contribution is 7.09.